The summed E-state index contributed by atoms with van der Waals surface area (Å²) in [7, 11) is 1.60. The molecule has 0 saturated heterocycles. The van der Waals surface area contributed by atoms with Crippen LogP contribution in [0.3, 0.4) is 0 Å². The number of hydrogen-bond donors (Lipinski definition) is 3. The van der Waals surface area contributed by atoms with E-state index in [2.05, 4.69) is 15.6 Å². The molecule has 1 atom stereocenters. The van der Waals surface area contributed by atoms with Gasteiger partial charge in [0.1, 0.15) is 5.75 Å². The molecule has 43 heavy (non-hydrogen) atoms. The van der Waals surface area contributed by atoms with Crippen LogP contribution < -0.4 is 15.4 Å². The number of halogens is 8. The summed E-state index contributed by atoms with van der Waals surface area (Å²) in [4.78, 5) is 16.0. The Kier molecular flexibility index (Phi) is 10.2. The van der Waals surface area contributed by atoms with E-state index in [-0.39, 0.29) is 23.6 Å². The van der Waals surface area contributed by atoms with Crippen LogP contribution in [0.5, 0.6) is 5.75 Å². The maximum Gasteiger partial charge on any atom is 0.416 e. The second kappa shape index (κ2) is 13.5. The smallest absolute Gasteiger partial charge is 0.416 e. The first-order chi connectivity index (χ1) is 20.3. The third kappa shape index (κ3) is 8.36. The van der Waals surface area contributed by atoms with Crippen LogP contribution in [0.2, 0.25) is 10.0 Å². The number of carbonyl (C=O) groups is 1. The highest BCUT2D eigenvalue weighted by Crippen LogP contribution is 2.36. The van der Waals surface area contributed by atoms with Crippen LogP contribution in [-0.4, -0.2) is 37.6 Å². The van der Waals surface area contributed by atoms with E-state index in [0.29, 0.717) is 48.6 Å². The highest BCUT2D eigenvalue weighted by molar-refractivity contribution is 6.42. The summed E-state index contributed by atoms with van der Waals surface area (Å²) in [6, 6.07) is 11.4. The van der Waals surface area contributed by atoms with Crippen molar-refractivity contribution in [2.75, 3.05) is 26.7 Å². The summed E-state index contributed by atoms with van der Waals surface area (Å²) < 4.78 is 84.9. The number of fused-ring (bicyclic) bond motifs is 1. The Labute approximate surface area is 253 Å². The Balaban J connectivity index is 1.43. The molecule has 1 amide bonds. The molecule has 4 aromatic rings. The van der Waals surface area contributed by atoms with E-state index in [1.54, 1.807) is 25.3 Å². The van der Waals surface area contributed by atoms with Crippen molar-refractivity contribution in [3.63, 3.8) is 0 Å². The largest absolute Gasteiger partial charge is 0.497 e. The lowest BCUT2D eigenvalue weighted by atomic mass is 9.95. The molecule has 1 heterocycles. The summed E-state index contributed by atoms with van der Waals surface area (Å²) in [5.41, 5.74) is -1.11. The fourth-order valence-corrected chi connectivity index (χ4v) is 4.98. The van der Waals surface area contributed by atoms with Gasteiger partial charge >= 0.3 is 12.4 Å². The first kappa shape index (κ1) is 32.5. The number of rotatable bonds is 11. The molecule has 3 N–H and O–H groups in total. The highest BCUT2D eigenvalue weighted by atomic mass is 35.5. The van der Waals surface area contributed by atoms with Crippen LogP contribution in [0, 0.1) is 0 Å². The van der Waals surface area contributed by atoms with Crippen LogP contribution in [0.1, 0.15) is 45.0 Å². The average molecular weight is 646 g/mol. The minimum atomic E-state index is -5.07. The molecule has 4 rings (SSSR count). The van der Waals surface area contributed by atoms with Crippen molar-refractivity contribution in [1.82, 2.24) is 15.6 Å². The second-order valence-electron chi connectivity index (χ2n) is 9.89. The lowest BCUT2D eigenvalue weighted by molar-refractivity contribution is -0.143. The third-order valence-corrected chi connectivity index (χ3v) is 7.73. The molecule has 0 spiro atoms. The van der Waals surface area contributed by atoms with Gasteiger partial charge in [0.15, 0.2) is 0 Å². The van der Waals surface area contributed by atoms with E-state index in [1.807, 2.05) is 24.4 Å². The van der Waals surface area contributed by atoms with Crippen LogP contribution >= 0.6 is 23.2 Å². The molecule has 0 radical (unpaired) electrons. The van der Waals surface area contributed by atoms with Gasteiger partial charge in [-0.2, -0.15) is 26.3 Å². The number of carbonyl (C=O) groups excluding carboxylic acids is 1. The first-order valence-electron chi connectivity index (χ1n) is 13.1. The van der Waals surface area contributed by atoms with E-state index in [9.17, 15) is 31.1 Å². The lowest BCUT2D eigenvalue weighted by Crippen LogP contribution is -2.31. The quantitative estimate of drug-likeness (QED) is 0.114. The number of amides is 1. The Morgan fingerprint density at radius 1 is 0.907 bits per heavy atom. The first-order valence-corrected chi connectivity index (χ1v) is 13.9. The van der Waals surface area contributed by atoms with Gasteiger partial charge in [0.05, 0.1) is 28.3 Å². The minimum absolute atomic E-state index is 0.0201. The Bertz CT molecular complexity index is 1550. The number of ether oxygens (including phenoxy) is 1. The van der Waals surface area contributed by atoms with Gasteiger partial charge in [0.2, 0.25) is 0 Å². The average Bonchev–Trinajstić information content (AvgIpc) is 3.36. The summed E-state index contributed by atoms with van der Waals surface area (Å²) >= 11 is 12.2. The van der Waals surface area contributed by atoms with Crippen LogP contribution in [0.4, 0.5) is 26.3 Å². The summed E-state index contributed by atoms with van der Waals surface area (Å²) in [6.45, 7) is 1.04. The number of hydrogen-bond acceptors (Lipinski definition) is 3. The number of H-pyrrole nitrogens is 1. The van der Waals surface area contributed by atoms with Crippen molar-refractivity contribution in [1.29, 1.82) is 0 Å². The number of aromatic amines is 1. The van der Waals surface area contributed by atoms with Crippen molar-refractivity contribution in [2.24, 2.45) is 0 Å². The summed E-state index contributed by atoms with van der Waals surface area (Å²) in [5, 5.41) is 7.46. The van der Waals surface area contributed by atoms with Gasteiger partial charge in [-0.15, -0.1) is 0 Å². The molecule has 13 heteroatoms. The highest BCUT2D eigenvalue weighted by Gasteiger charge is 2.37. The maximum absolute atomic E-state index is 13.3. The summed E-state index contributed by atoms with van der Waals surface area (Å²) in [5.74, 6) is -0.701. The number of nitrogens with one attached hydrogen (secondary N) is 3. The molecule has 0 aliphatic carbocycles. The normalized spacial score (nSPS) is 12.9. The second-order valence-corrected chi connectivity index (χ2v) is 10.7. The van der Waals surface area contributed by atoms with E-state index in [0.717, 1.165) is 22.2 Å². The molecule has 0 bridgehead atoms. The summed E-state index contributed by atoms with van der Waals surface area (Å²) in [6.07, 6.45) is -7.03. The fourth-order valence-electron chi connectivity index (χ4n) is 4.67. The topological polar surface area (TPSA) is 66.2 Å². The van der Waals surface area contributed by atoms with Gasteiger partial charge in [-0.05, 0) is 85.6 Å². The Hall–Kier alpha value is -3.41. The van der Waals surface area contributed by atoms with Gasteiger partial charge in [-0.25, -0.2) is 0 Å². The molecule has 0 fully saturated rings. The van der Waals surface area contributed by atoms with Crippen molar-refractivity contribution in [3.8, 4) is 5.75 Å². The zero-order chi connectivity index (χ0) is 31.4. The van der Waals surface area contributed by atoms with Gasteiger partial charge in [-0.1, -0.05) is 29.3 Å². The number of methoxy groups -OCH3 is 1. The molecule has 0 aliphatic heterocycles. The molecular formula is C30H27Cl2F6N3O2. The third-order valence-electron chi connectivity index (χ3n) is 6.99. The molecular weight excluding hydrogens is 619 g/mol. The molecule has 5 nitrogen and oxygen atoms in total. The van der Waals surface area contributed by atoms with Gasteiger partial charge in [0.25, 0.3) is 5.91 Å². The molecule has 0 saturated carbocycles. The van der Waals surface area contributed by atoms with Crippen molar-refractivity contribution in [2.45, 2.75) is 31.1 Å². The predicted molar refractivity (Wildman–Crippen MR) is 154 cm³/mol. The SMILES string of the molecule is COc1ccc2[nH]cc(CCNCCC(CNC(=O)c3cc(C(F)(F)F)cc(C(F)(F)F)c3)c3ccc(Cl)c(Cl)c3)c2c1. The molecule has 230 valence electrons. The van der Waals surface area contributed by atoms with Crippen LogP contribution in [-0.2, 0) is 18.8 Å². The van der Waals surface area contributed by atoms with E-state index < -0.39 is 35.0 Å². The van der Waals surface area contributed by atoms with Gasteiger partial charge in [-0.3, -0.25) is 4.79 Å². The van der Waals surface area contributed by atoms with E-state index in [4.69, 9.17) is 27.9 Å². The predicted octanol–water partition coefficient (Wildman–Crippen LogP) is 8.26. The minimum Gasteiger partial charge on any atom is -0.497 e. The van der Waals surface area contributed by atoms with Crippen LogP contribution in [0.15, 0.2) is 60.8 Å². The monoisotopic (exact) mass is 645 g/mol. The molecule has 3 aromatic carbocycles. The number of aromatic nitrogens is 1. The van der Waals surface area contributed by atoms with Crippen molar-refractivity contribution < 1.29 is 35.9 Å². The zero-order valence-electron chi connectivity index (χ0n) is 22.7. The van der Waals surface area contributed by atoms with Crippen molar-refractivity contribution in [3.05, 3.63) is 98.7 Å². The molecule has 1 unspecified atom stereocenters. The zero-order valence-corrected chi connectivity index (χ0v) is 24.2. The van der Waals surface area contributed by atoms with Crippen LogP contribution in [0.25, 0.3) is 10.9 Å². The van der Waals surface area contributed by atoms with Crippen molar-refractivity contribution >= 4 is 40.0 Å². The number of benzene rings is 3. The fraction of sp³-hybridized carbons (Fsp3) is 0.300. The molecule has 1 aromatic heterocycles. The maximum atomic E-state index is 13.3. The molecule has 0 aliphatic rings. The lowest BCUT2D eigenvalue weighted by Gasteiger charge is -2.20. The number of alkyl halides is 6. The van der Waals surface area contributed by atoms with Gasteiger partial charge < -0.3 is 20.4 Å². The standard InChI is InChI=1S/C30H27Cl2F6N3O2/c1-43-23-3-5-27-24(14-23)19(16-40-27)7-9-39-8-6-18(17-2-4-25(31)26(32)12-17)15-41-28(42)20-10-21(29(33,34)35)13-22(11-20)30(36,37)38/h2-5,10-14,16,18,39-40H,6-9,15H2,1H3,(H,41,42). The van der Waals surface area contributed by atoms with E-state index >= 15 is 0 Å². The Morgan fingerprint density at radius 2 is 1.60 bits per heavy atom. The Morgan fingerprint density at radius 3 is 2.23 bits per heavy atom. The van der Waals surface area contributed by atoms with E-state index in [1.165, 1.54) is 0 Å². The van der Waals surface area contributed by atoms with Gasteiger partial charge in [0, 0.05) is 35.1 Å².